The van der Waals surface area contributed by atoms with Crippen molar-refractivity contribution in [3.8, 4) is 0 Å². The fraction of sp³-hybridized carbons (Fsp3) is 0.208. The first-order valence-electron chi connectivity index (χ1n) is 9.84. The van der Waals surface area contributed by atoms with Gasteiger partial charge >= 0.3 is 0 Å². The smallest absolute Gasteiger partial charge is 0.243 e. The Labute approximate surface area is 188 Å². The zero-order chi connectivity index (χ0) is 22.4. The maximum atomic E-state index is 13.4. The molecule has 0 aliphatic carbocycles. The minimum absolute atomic E-state index is 0.294. The van der Waals surface area contributed by atoms with E-state index in [1.54, 1.807) is 30.0 Å². The topological polar surface area (TPSA) is 57.7 Å². The molecule has 0 heterocycles. The number of amides is 1. The van der Waals surface area contributed by atoms with Crippen LogP contribution in [0.15, 0.2) is 78.9 Å². The van der Waals surface area contributed by atoms with Crippen molar-refractivity contribution in [2.24, 2.45) is 0 Å². The summed E-state index contributed by atoms with van der Waals surface area (Å²) in [5, 5.41) is 0.448. The van der Waals surface area contributed by atoms with Crippen molar-refractivity contribution < 1.29 is 13.2 Å². The maximum Gasteiger partial charge on any atom is 0.243 e. The zero-order valence-electron chi connectivity index (χ0n) is 17.5. The SMILES string of the molecule is Cc1c(Cl)cccc1N(CC(=O)N(Cc1ccccc1)Cc1ccccc1)S(C)(=O)=O. The van der Waals surface area contributed by atoms with Crippen LogP contribution in [0.3, 0.4) is 0 Å². The van der Waals surface area contributed by atoms with Crippen LogP contribution < -0.4 is 4.31 Å². The highest BCUT2D eigenvalue weighted by Gasteiger charge is 2.26. The average molecular weight is 457 g/mol. The van der Waals surface area contributed by atoms with Crippen LogP contribution in [0.25, 0.3) is 0 Å². The van der Waals surface area contributed by atoms with E-state index in [9.17, 15) is 13.2 Å². The summed E-state index contributed by atoms with van der Waals surface area (Å²) in [5.74, 6) is -0.294. The van der Waals surface area contributed by atoms with Gasteiger partial charge in [-0.2, -0.15) is 0 Å². The molecule has 3 aromatic rings. The van der Waals surface area contributed by atoms with Gasteiger partial charge in [0, 0.05) is 18.1 Å². The lowest BCUT2D eigenvalue weighted by atomic mass is 10.1. The van der Waals surface area contributed by atoms with E-state index in [1.807, 2.05) is 60.7 Å². The second kappa shape index (κ2) is 9.98. The molecule has 0 spiro atoms. The number of carbonyl (C=O) groups is 1. The standard InChI is InChI=1S/C24H25ClN2O3S/c1-19-22(25)14-9-15-23(19)27(31(2,29)30)18-24(28)26(16-20-10-5-3-6-11-20)17-21-12-7-4-8-13-21/h3-15H,16-18H2,1-2H3. The number of halogens is 1. The Bertz CT molecular complexity index is 1090. The molecule has 0 unspecified atom stereocenters. The van der Waals surface area contributed by atoms with Crippen LogP contribution in [-0.4, -0.2) is 32.0 Å². The molecule has 31 heavy (non-hydrogen) atoms. The molecular weight excluding hydrogens is 432 g/mol. The minimum Gasteiger partial charge on any atom is -0.332 e. The van der Waals surface area contributed by atoms with Crippen LogP contribution in [0.2, 0.25) is 5.02 Å². The second-order valence-corrected chi connectivity index (χ2v) is 9.69. The summed E-state index contributed by atoms with van der Waals surface area (Å²) in [6, 6.07) is 24.3. The van der Waals surface area contributed by atoms with Crippen molar-refractivity contribution in [3.05, 3.63) is 101 Å². The van der Waals surface area contributed by atoms with Crippen LogP contribution in [-0.2, 0) is 27.9 Å². The molecule has 0 radical (unpaired) electrons. The van der Waals surface area contributed by atoms with Gasteiger partial charge in [0.2, 0.25) is 15.9 Å². The maximum absolute atomic E-state index is 13.4. The van der Waals surface area contributed by atoms with Crippen molar-refractivity contribution in [2.45, 2.75) is 20.0 Å². The summed E-state index contributed by atoms with van der Waals surface area (Å²) in [6.07, 6.45) is 1.10. The van der Waals surface area contributed by atoms with Crippen LogP contribution in [0.4, 0.5) is 5.69 Å². The molecular formula is C24H25ClN2O3S. The molecule has 162 valence electrons. The molecule has 3 aromatic carbocycles. The van der Waals surface area contributed by atoms with Gasteiger partial charge < -0.3 is 4.90 Å². The van der Waals surface area contributed by atoms with Gasteiger partial charge in [0.05, 0.1) is 11.9 Å². The molecule has 3 rings (SSSR count). The van der Waals surface area contributed by atoms with E-state index in [1.165, 1.54) is 0 Å². The number of rotatable bonds is 8. The summed E-state index contributed by atoms with van der Waals surface area (Å²) in [6.45, 7) is 2.19. The van der Waals surface area contributed by atoms with Gasteiger partial charge in [0.1, 0.15) is 6.54 Å². The number of sulfonamides is 1. The largest absolute Gasteiger partial charge is 0.332 e. The monoisotopic (exact) mass is 456 g/mol. The molecule has 0 saturated heterocycles. The van der Waals surface area contributed by atoms with Crippen LogP contribution >= 0.6 is 11.6 Å². The molecule has 0 saturated carbocycles. The molecule has 0 atom stereocenters. The summed E-state index contributed by atoms with van der Waals surface area (Å²) < 4.78 is 26.3. The molecule has 0 aliphatic rings. The number of carbonyl (C=O) groups excluding carboxylic acids is 1. The highest BCUT2D eigenvalue weighted by Crippen LogP contribution is 2.28. The second-order valence-electron chi connectivity index (χ2n) is 7.37. The van der Waals surface area contributed by atoms with Gasteiger partial charge in [0.15, 0.2) is 0 Å². The molecule has 0 N–H and O–H groups in total. The summed E-state index contributed by atoms with van der Waals surface area (Å²) in [7, 11) is -3.70. The summed E-state index contributed by atoms with van der Waals surface area (Å²) >= 11 is 6.20. The molecule has 5 nitrogen and oxygen atoms in total. The van der Waals surface area contributed by atoms with Gasteiger partial charge in [-0.25, -0.2) is 8.42 Å². The Balaban J connectivity index is 1.92. The number of nitrogens with zero attached hydrogens (tertiary/aromatic N) is 2. The number of benzene rings is 3. The van der Waals surface area contributed by atoms with Gasteiger partial charge in [-0.05, 0) is 35.7 Å². The van der Waals surface area contributed by atoms with Crippen LogP contribution in [0.1, 0.15) is 16.7 Å². The van der Waals surface area contributed by atoms with E-state index in [-0.39, 0.29) is 12.5 Å². The molecule has 1 amide bonds. The molecule has 0 aliphatic heterocycles. The van der Waals surface area contributed by atoms with E-state index in [2.05, 4.69) is 0 Å². The fourth-order valence-electron chi connectivity index (χ4n) is 3.31. The normalized spacial score (nSPS) is 11.2. The predicted octanol–water partition coefficient (Wildman–Crippen LogP) is 4.64. The Morgan fingerprint density at radius 1 is 0.839 bits per heavy atom. The number of hydrogen-bond donors (Lipinski definition) is 0. The Kier molecular flexibility index (Phi) is 7.36. The van der Waals surface area contributed by atoms with Crippen molar-refractivity contribution in [1.29, 1.82) is 0 Å². The van der Waals surface area contributed by atoms with E-state index >= 15 is 0 Å². The Morgan fingerprint density at radius 3 is 1.84 bits per heavy atom. The van der Waals surface area contributed by atoms with Gasteiger partial charge in [-0.1, -0.05) is 78.3 Å². The first-order valence-corrected chi connectivity index (χ1v) is 12.1. The van der Waals surface area contributed by atoms with E-state index in [0.29, 0.717) is 29.4 Å². The highest BCUT2D eigenvalue weighted by atomic mass is 35.5. The van der Waals surface area contributed by atoms with E-state index in [4.69, 9.17) is 11.6 Å². The van der Waals surface area contributed by atoms with E-state index in [0.717, 1.165) is 21.7 Å². The van der Waals surface area contributed by atoms with Crippen LogP contribution in [0.5, 0.6) is 0 Å². The number of hydrogen-bond acceptors (Lipinski definition) is 3. The Hall–Kier alpha value is -2.83. The van der Waals surface area contributed by atoms with Crippen molar-refractivity contribution in [1.82, 2.24) is 4.90 Å². The van der Waals surface area contributed by atoms with Gasteiger partial charge in [0.25, 0.3) is 0 Å². The van der Waals surface area contributed by atoms with Gasteiger partial charge in [-0.3, -0.25) is 9.10 Å². The van der Waals surface area contributed by atoms with Gasteiger partial charge in [-0.15, -0.1) is 0 Å². The average Bonchev–Trinajstić information content (AvgIpc) is 2.74. The predicted molar refractivity (Wildman–Crippen MR) is 126 cm³/mol. The first-order chi connectivity index (χ1) is 14.8. The lowest BCUT2D eigenvalue weighted by molar-refractivity contribution is -0.130. The van der Waals surface area contributed by atoms with Crippen molar-refractivity contribution in [3.63, 3.8) is 0 Å². The van der Waals surface area contributed by atoms with Crippen molar-refractivity contribution in [2.75, 3.05) is 17.1 Å². The molecule has 0 fully saturated rings. The zero-order valence-corrected chi connectivity index (χ0v) is 19.1. The summed E-state index contributed by atoms with van der Waals surface area (Å²) in [4.78, 5) is 15.0. The highest BCUT2D eigenvalue weighted by molar-refractivity contribution is 7.92. The molecule has 0 aromatic heterocycles. The molecule has 7 heteroatoms. The van der Waals surface area contributed by atoms with Crippen LogP contribution in [0, 0.1) is 6.92 Å². The quantitative estimate of drug-likeness (QED) is 0.496. The fourth-order valence-corrected chi connectivity index (χ4v) is 4.38. The third-order valence-electron chi connectivity index (χ3n) is 4.97. The lowest BCUT2D eigenvalue weighted by Crippen LogP contribution is -2.42. The summed E-state index contributed by atoms with van der Waals surface area (Å²) in [5.41, 5.74) is 2.95. The third kappa shape index (κ3) is 6.09. The van der Waals surface area contributed by atoms with E-state index < -0.39 is 10.0 Å². The minimum atomic E-state index is -3.70. The van der Waals surface area contributed by atoms with Crippen molar-refractivity contribution >= 4 is 33.2 Å². The lowest BCUT2D eigenvalue weighted by Gasteiger charge is -2.29. The third-order valence-corrected chi connectivity index (χ3v) is 6.51. The Morgan fingerprint density at radius 2 is 1.35 bits per heavy atom. The number of anilines is 1. The first kappa shape index (κ1) is 22.8. The molecule has 0 bridgehead atoms.